The fourth-order valence-corrected chi connectivity index (χ4v) is 1.89. The van der Waals surface area contributed by atoms with E-state index in [2.05, 4.69) is 5.32 Å². The van der Waals surface area contributed by atoms with E-state index >= 15 is 0 Å². The summed E-state index contributed by atoms with van der Waals surface area (Å²) in [6.07, 6.45) is -5.05. The maximum Gasteiger partial charge on any atom is 0.417 e. The van der Waals surface area contributed by atoms with Crippen molar-refractivity contribution in [3.63, 3.8) is 0 Å². The van der Waals surface area contributed by atoms with E-state index in [-0.39, 0.29) is 11.1 Å². The summed E-state index contributed by atoms with van der Waals surface area (Å²) in [6.45, 7) is 1.74. The van der Waals surface area contributed by atoms with Gasteiger partial charge in [-0.15, -0.1) is 0 Å². The first kappa shape index (κ1) is 16.1. The van der Waals surface area contributed by atoms with Gasteiger partial charge in [0.05, 0.1) is 16.6 Å². The highest BCUT2D eigenvalue weighted by Crippen LogP contribution is 2.36. The van der Waals surface area contributed by atoms with Crippen molar-refractivity contribution in [1.82, 2.24) is 0 Å². The van der Waals surface area contributed by atoms with E-state index in [9.17, 15) is 13.2 Å². The van der Waals surface area contributed by atoms with Gasteiger partial charge >= 0.3 is 6.18 Å². The summed E-state index contributed by atoms with van der Waals surface area (Å²) in [6, 6.07) is 3.31. The van der Waals surface area contributed by atoms with E-state index in [0.717, 1.165) is 6.07 Å². The zero-order chi connectivity index (χ0) is 14.6. The highest BCUT2D eigenvalue weighted by atomic mass is 35.5. The Morgan fingerprint density at radius 1 is 1.21 bits per heavy atom. The first-order chi connectivity index (χ1) is 8.79. The molecule has 0 aliphatic heterocycles. The molecule has 0 saturated carbocycles. The minimum absolute atomic E-state index is 0.295. The van der Waals surface area contributed by atoms with Gasteiger partial charge in [0.2, 0.25) is 0 Å². The monoisotopic (exact) mass is 297 g/mol. The number of halogens is 4. The van der Waals surface area contributed by atoms with Crippen LogP contribution in [0.1, 0.15) is 12.5 Å². The zero-order valence-electron chi connectivity index (χ0n) is 10.7. The van der Waals surface area contributed by atoms with E-state index in [1.807, 2.05) is 0 Å². The van der Waals surface area contributed by atoms with E-state index in [1.165, 1.54) is 26.4 Å². The molecule has 1 aromatic carbocycles. The van der Waals surface area contributed by atoms with Gasteiger partial charge in [0, 0.05) is 19.9 Å². The summed E-state index contributed by atoms with van der Waals surface area (Å²) in [4.78, 5) is 0. The quantitative estimate of drug-likeness (QED) is 0.839. The number of hydrogen-bond donors (Lipinski definition) is 1. The van der Waals surface area contributed by atoms with E-state index in [4.69, 9.17) is 21.1 Å². The fourth-order valence-electron chi connectivity index (χ4n) is 1.67. The molecule has 1 aromatic rings. The summed E-state index contributed by atoms with van der Waals surface area (Å²) >= 11 is 5.54. The zero-order valence-corrected chi connectivity index (χ0v) is 11.5. The molecule has 7 heteroatoms. The van der Waals surface area contributed by atoms with Crippen LogP contribution in [0.5, 0.6) is 0 Å². The lowest BCUT2D eigenvalue weighted by atomic mass is 10.1. The van der Waals surface area contributed by atoms with Crippen LogP contribution in [0, 0.1) is 0 Å². The van der Waals surface area contributed by atoms with E-state index in [1.54, 1.807) is 6.92 Å². The van der Waals surface area contributed by atoms with Gasteiger partial charge in [0.1, 0.15) is 0 Å². The summed E-state index contributed by atoms with van der Waals surface area (Å²) in [5.41, 5.74) is -0.582. The molecule has 0 aliphatic rings. The van der Waals surface area contributed by atoms with Crippen LogP contribution in [0.2, 0.25) is 5.02 Å². The van der Waals surface area contributed by atoms with E-state index < -0.39 is 18.0 Å². The average molecular weight is 298 g/mol. The number of ether oxygens (including phenoxy) is 2. The molecule has 1 unspecified atom stereocenters. The molecule has 0 fully saturated rings. The largest absolute Gasteiger partial charge is 0.417 e. The SMILES string of the molecule is COC(OC)C(C)Nc1ccc(Cl)c(C(F)(F)F)c1. The fraction of sp³-hybridized carbons (Fsp3) is 0.500. The number of hydrogen-bond acceptors (Lipinski definition) is 3. The van der Waals surface area contributed by atoms with Crippen LogP contribution in [-0.2, 0) is 15.7 Å². The lowest BCUT2D eigenvalue weighted by Gasteiger charge is -2.23. The third-order valence-corrected chi connectivity index (χ3v) is 2.87. The second kappa shape index (κ2) is 6.45. The minimum atomic E-state index is -4.49. The first-order valence-electron chi connectivity index (χ1n) is 5.48. The Balaban J connectivity index is 2.91. The molecular formula is C12H15ClF3NO2. The second-order valence-corrected chi connectivity index (χ2v) is 4.37. The van der Waals surface area contributed by atoms with E-state index in [0.29, 0.717) is 5.69 Å². The molecule has 0 bridgehead atoms. The number of anilines is 1. The third-order valence-electron chi connectivity index (χ3n) is 2.54. The van der Waals surface area contributed by atoms with Crippen molar-refractivity contribution >= 4 is 17.3 Å². The van der Waals surface area contributed by atoms with Crippen LogP contribution in [0.3, 0.4) is 0 Å². The molecule has 1 rings (SSSR count). The molecular weight excluding hydrogens is 283 g/mol. The molecule has 0 spiro atoms. The Morgan fingerprint density at radius 3 is 2.26 bits per heavy atom. The highest BCUT2D eigenvalue weighted by molar-refractivity contribution is 6.31. The maximum absolute atomic E-state index is 12.7. The topological polar surface area (TPSA) is 30.5 Å². The average Bonchev–Trinajstić information content (AvgIpc) is 2.31. The standard InChI is InChI=1S/C12H15ClF3NO2/c1-7(11(18-2)19-3)17-8-4-5-10(13)9(6-8)12(14,15)16/h4-7,11,17H,1-3H3. The van der Waals surface area contributed by atoms with Crippen molar-refractivity contribution in [1.29, 1.82) is 0 Å². The molecule has 0 amide bonds. The van der Waals surface area contributed by atoms with Gasteiger partial charge in [-0.1, -0.05) is 11.6 Å². The van der Waals surface area contributed by atoms with Gasteiger partial charge in [0.15, 0.2) is 6.29 Å². The molecule has 3 nitrogen and oxygen atoms in total. The third kappa shape index (κ3) is 4.26. The van der Waals surface area contributed by atoms with Crippen molar-refractivity contribution in [2.75, 3.05) is 19.5 Å². The van der Waals surface area contributed by atoms with Crippen molar-refractivity contribution in [3.8, 4) is 0 Å². The van der Waals surface area contributed by atoms with Gasteiger partial charge in [-0.05, 0) is 25.1 Å². The molecule has 1 N–H and O–H groups in total. The van der Waals surface area contributed by atoms with Gasteiger partial charge < -0.3 is 14.8 Å². The predicted octanol–water partition coefficient (Wildman–Crippen LogP) is 3.78. The van der Waals surface area contributed by atoms with Gasteiger partial charge in [-0.25, -0.2) is 0 Å². The molecule has 0 radical (unpaired) electrons. The second-order valence-electron chi connectivity index (χ2n) is 3.97. The Labute approximate surface area is 114 Å². The van der Waals surface area contributed by atoms with Crippen molar-refractivity contribution in [3.05, 3.63) is 28.8 Å². The predicted molar refractivity (Wildman–Crippen MR) is 67.3 cm³/mol. The smallest absolute Gasteiger partial charge is 0.377 e. The Morgan fingerprint density at radius 2 is 1.79 bits per heavy atom. The lowest BCUT2D eigenvalue weighted by Crippen LogP contribution is -2.33. The molecule has 0 aromatic heterocycles. The summed E-state index contributed by atoms with van der Waals surface area (Å²) in [7, 11) is 2.91. The first-order valence-corrected chi connectivity index (χ1v) is 5.86. The molecule has 0 aliphatic carbocycles. The van der Waals surface area contributed by atoms with Crippen LogP contribution >= 0.6 is 11.6 Å². The number of nitrogens with one attached hydrogen (secondary N) is 1. The van der Waals surface area contributed by atoms with Crippen molar-refractivity contribution in [2.24, 2.45) is 0 Å². The summed E-state index contributed by atoms with van der Waals surface area (Å²) in [5.74, 6) is 0. The van der Waals surface area contributed by atoms with Crippen LogP contribution < -0.4 is 5.32 Å². The summed E-state index contributed by atoms with van der Waals surface area (Å²) < 4.78 is 48.1. The number of methoxy groups -OCH3 is 2. The number of benzene rings is 1. The van der Waals surface area contributed by atoms with Crippen LogP contribution in [0.15, 0.2) is 18.2 Å². The number of rotatable bonds is 5. The molecule has 0 heterocycles. The lowest BCUT2D eigenvalue weighted by molar-refractivity contribution is -0.137. The highest BCUT2D eigenvalue weighted by Gasteiger charge is 2.33. The van der Waals surface area contributed by atoms with Gasteiger partial charge in [0.25, 0.3) is 0 Å². The summed E-state index contributed by atoms with van der Waals surface area (Å²) in [5, 5.41) is 2.54. The van der Waals surface area contributed by atoms with Crippen molar-refractivity contribution in [2.45, 2.75) is 25.4 Å². The number of alkyl halides is 3. The Kier molecular flexibility index (Phi) is 5.46. The molecule has 0 saturated heterocycles. The normalized spacial score (nSPS) is 13.7. The minimum Gasteiger partial charge on any atom is -0.377 e. The van der Waals surface area contributed by atoms with Gasteiger partial charge in [-0.2, -0.15) is 13.2 Å². The maximum atomic E-state index is 12.7. The van der Waals surface area contributed by atoms with Crippen LogP contribution in [0.25, 0.3) is 0 Å². The van der Waals surface area contributed by atoms with Crippen molar-refractivity contribution < 1.29 is 22.6 Å². The van der Waals surface area contributed by atoms with Crippen LogP contribution in [-0.4, -0.2) is 26.6 Å². The molecule has 108 valence electrons. The molecule has 1 atom stereocenters. The van der Waals surface area contributed by atoms with Gasteiger partial charge in [-0.3, -0.25) is 0 Å². The molecule has 19 heavy (non-hydrogen) atoms. The Bertz CT molecular complexity index is 422. The van der Waals surface area contributed by atoms with Crippen LogP contribution in [0.4, 0.5) is 18.9 Å². The Hall–Kier alpha value is -0.980.